The molecule has 0 N–H and O–H groups in total. The SMILES string of the molecule is Cc1ccc(-c2ccc3c(c2)c2c(n3C3=CC=CCC3)CCC=C2)cc1. The summed E-state index contributed by atoms with van der Waals surface area (Å²) in [4.78, 5) is 0. The molecule has 1 nitrogen and oxygen atoms in total. The number of fused-ring (bicyclic) bond motifs is 3. The van der Waals surface area contributed by atoms with E-state index in [-0.39, 0.29) is 0 Å². The first-order valence-corrected chi connectivity index (χ1v) is 9.58. The number of aryl methyl sites for hydroxylation is 1. The minimum absolute atomic E-state index is 1.12. The van der Waals surface area contributed by atoms with Crippen molar-refractivity contribution in [2.24, 2.45) is 0 Å². The van der Waals surface area contributed by atoms with Crippen LogP contribution in [0, 0.1) is 6.92 Å². The van der Waals surface area contributed by atoms with Gasteiger partial charge < -0.3 is 4.57 Å². The first-order chi connectivity index (χ1) is 12.8. The first-order valence-electron chi connectivity index (χ1n) is 9.58. The maximum absolute atomic E-state index is 2.52. The molecule has 2 aliphatic rings. The number of hydrogen-bond donors (Lipinski definition) is 0. The Morgan fingerprint density at radius 2 is 1.65 bits per heavy atom. The van der Waals surface area contributed by atoms with Gasteiger partial charge in [0.1, 0.15) is 0 Å². The van der Waals surface area contributed by atoms with Gasteiger partial charge in [-0.1, -0.05) is 60.2 Å². The molecule has 5 rings (SSSR count). The lowest BCUT2D eigenvalue weighted by molar-refractivity contribution is 0.863. The highest BCUT2D eigenvalue weighted by molar-refractivity contribution is 5.97. The average molecular weight is 337 g/mol. The molecular weight excluding hydrogens is 314 g/mol. The molecule has 0 radical (unpaired) electrons. The van der Waals surface area contributed by atoms with Crippen molar-refractivity contribution in [1.29, 1.82) is 0 Å². The van der Waals surface area contributed by atoms with Gasteiger partial charge in [0.25, 0.3) is 0 Å². The Bertz CT molecular complexity index is 1070. The van der Waals surface area contributed by atoms with Crippen LogP contribution in [0.3, 0.4) is 0 Å². The largest absolute Gasteiger partial charge is 0.317 e. The minimum Gasteiger partial charge on any atom is -0.317 e. The highest BCUT2D eigenvalue weighted by Gasteiger charge is 2.20. The van der Waals surface area contributed by atoms with Crippen LogP contribution in [-0.2, 0) is 6.42 Å². The molecule has 0 saturated heterocycles. The van der Waals surface area contributed by atoms with Gasteiger partial charge >= 0.3 is 0 Å². The molecule has 0 saturated carbocycles. The van der Waals surface area contributed by atoms with Crippen LogP contribution in [-0.4, -0.2) is 4.57 Å². The third-order valence-electron chi connectivity index (χ3n) is 5.60. The summed E-state index contributed by atoms with van der Waals surface area (Å²) >= 11 is 0. The fraction of sp³-hybridized carbons (Fsp3) is 0.200. The van der Waals surface area contributed by atoms with Crippen LogP contribution in [0.2, 0.25) is 0 Å². The van der Waals surface area contributed by atoms with E-state index in [2.05, 4.69) is 84.3 Å². The molecule has 0 spiro atoms. The molecule has 1 heteroatoms. The summed E-state index contributed by atoms with van der Waals surface area (Å²) in [7, 11) is 0. The van der Waals surface area contributed by atoms with E-state index in [1.165, 1.54) is 44.5 Å². The van der Waals surface area contributed by atoms with E-state index in [1.54, 1.807) is 0 Å². The second kappa shape index (κ2) is 6.17. The summed E-state index contributed by atoms with van der Waals surface area (Å²) in [5.41, 5.74) is 9.56. The van der Waals surface area contributed by atoms with Crippen molar-refractivity contribution in [3.05, 3.63) is 83.6 Å². The molecule has 0 fully saturated rings. The Balaban J connectivity index is 1.74. The summed E-state index contributed by atoms with van der Waals surface area (Å²) in [6, 6.07) is 15.8. The predicted octanol–water partition coefficient (Wildman–Crippen LogP) is 6.77. The molecule has 2 aliphatic carbocycles. The molecule has 0 aliphatic heterocycles. The van der Waals surface area contributed by atoms with Gasteiger partial charge in [-0.15, -0.1) is 0 Å². The molecule has 26 heavy (non-hydrogen) atoms. The third-order valence-corrected chi connectivity index (χ3v) is 5.60. The highest BCUT2D eigenvalue weighted by atomic mass is 15.0. The number of aromatic nitrogens is 1. The standard InChI is InChI=1S/C25H23N/c1-18-11-13-19(14-12-18)20-15-16-25-23(17-20)22-9-5-6-10-24(22)26(25)21-7-3-2-4-8-21/h2-3,5,7,9,11-17H,4,6,8,10H2,1H3. The average Bonchev–Trinajstić information content (AvgIpc) is 3.03. The Kier molecular flexibility index (Phi) is 3.67. The summed E-state index contributed by atoms with van der Waals surface area (Å²) < 4.78 is 2.52. The van der Waals surface area contributed by atoms with Crippen molar-refractivity contribution in [3.63, 3.8) is 0 Å². The van der Waals surface area contributed by atoms with Crippen molar-refractivity contribution in [3.8, 4) is 11.1 Å². The Hall–Kier alpha value is -2.80. The zero-order valence-electron chi connectivity index (χ0n) is 15.2. The van der Waals surface area contributed by atoms with E-state index in [9.17, 15) is 0 Å². The molecule has 0 bridgehead atoms. The van der Waals surface area contributed by atoms with Crippen LogP contribution >= 0.6 is 0 Å². The van der Waals surface area contributed by atoms with Gasteiger partial charge in [-0.2, -0.15) is 0 Å². The zero-order valence-corrected chi connectivity index (χ0v) is 15.2. The molecule has 0 atom stereocenters. The number of allylic oxidation sites excluding steroid dienone is 5. The fourth-order valence-corrected chi connectivity index (χ4v) is 4.25. The monoisotopic (exact) mass is 337 g/mol. The molecule has 2 aromatic carbocycles. The van der Waals surface area contributed by atoms with Crippen molar-refractivity contribution in [2.45, 2.75) is 32.6 Å². The second-order valence-corrected chi connectivity index (χ2v) is 7.36. The van der Waals surface area contributed by atoms with Gasteiger partial charge in [-0.3, -0.25) is 0 Å². The van der Waals surface area contributed by atoms with Crippen LogP contribution < -0.4 is 0 Å². The van der Waals surface area contributed by atoms with Gasteiger partial charge in [-0.05, 0) is 61.9 Å². The number of nitrogens with zero attached hydrogens (tertiary/aromatic N) is 1. The Labute approximate surface area is 155 Å². The van der Waals surface area contributed by atoms with Crippen LogP contribution in [0.5, 0.6) is 0 Å². The maximum atomic E-state index is 2.52. The van der Waals surface area contributed by atoms with E-state index in [4.69, 9.17) is 0 Å². The van der Waals surface area contributed by atoms with Crippen molar-refractivity contribution < 1.29 is 0 Å². The smallest absolute Gasteiger partial charge is 0.0534 e. The van der Waals surface area contributed by atoms with Gasteiger partial charge in [0.15, 0.2) is 0 Å². The van der Waals surface area contributed by atoms with Gasteiger partial charge in [0, 0.05) is 22.3 Å². The summed E-state index contributed by atoms with van der Waals surface area (Å²) in [6.07, 6.45) is 15.9. The van der Waals surface area contributed by atoms with Gasteiger partial charge in [-0.25, -0.2) is 0 Å². The normalized spacial score (nSPS) is 16.0. The molecule has 1 heterocycles. The number of hydrogen-bond acceptors (Lipinski definition) is 0. The predicted molar refractivity (Wildman–Crippen MR) is 112 cm³/mol. The topological polar surface area (TPSA) is 4.93 Å². The summed E-state index contributed by atoms with van der Waals surface area (Å²) in [6.45, 7) is 2.14. The van der Waals surface area contributed by atoms with E-state index in [0.29, 0.717) is 0 Å². The lowest BCUT2D eigenvalue weighted by Crippen LogP contribution is -2.05. The van der Waals surface area contributed by atoms with E-state index < -0.39 is 0 Å². The lowest BCUT2D eigenvalue weighted by atomic mass is 9.98. The van der Waals surface area contributed by atoms with Gasteiger partial charge in [0.2, 0.25) is 0 Å². The molecular formula is C25H23N. The summed E-state index contributed by atoms with van der Waals surface area (Å²) in [5, 5.41) is 1.38. The third kappa shape index (κ3) is 2.47. The Morgan fingerprint density at radius 1 is 0.846 bits per heavy atom. The van der Waals surface area contributed by atoms with Crippen LogP contribution in [0.15, 0.2) is 66.8 Å². The van der Waals surface area contributed by atoms with Crippen LogP contribution in [0.4, 0.5) is 0 Å². The quantitative estimate of drug-likeness (QED) is 0.486. The highest BCUT2D eigenvalue weighted by Crippen LogP contribution is 2.37. The second-order valence-electron chi connectivity index (χ2n) is 7.36. The van der Waals surface area contributed by atoms with Crippen molar-refractivity contribution >= 4 is 22.7 Å². The molecule has 128 valence electrons. The molecule has 1 aromatic heterocycles. The minimum atomic E-state index is 1.12. The number of rotatable bonds is 2. The van der Waals surface area contributed by atoms with Crippen LogP contribution in [0.1, 0.15) is 36.1 Å². The van der Waals surface area contributed by atoms with E-state index in [1.807, 2.05) is 0 Å². The fourth-order valence-electron chi connectivity index (χ4n) is 4.25. The summed E-state index contributed by atoms with van der Waals surface area (Å²) in [5.74, 6) is 0. The van der Waals surface area contributed by atoms with Crippen LogP contribution in [0.25, 0.3) is 33.8 Å². The molecule has 0 amide bonds. The first kappa shape index (κ1) is 15.5. The van der Waals surface area contributed by atoms with Crippen molar-refractivity contribution in [2.75, 3.05) is 0 Å². The Morgan fingerprint density at radius 3 is 2.46 bits per heavy atom. The van der Waals surface area contributed by atoms with Gasteiger partial charge in [0.05, 0.1) is 5.52 Å². The van der Waals surface area contributed by atoms with Crippen molar-refractivity contribution in [1.82, 2.24) is 4.57 Å². The lowest BCUT2D eigenvalue weighted by Gasteiger charge is -2.17. The zero-order chi connectivity index (χ0) is 17.5. The van der Waals surface area contributed by atoms with E-state index in [0.717, 1.165) is 25.7 Å². The molecule has 0 unspecified atom stereocenters. The number of benzene rings is 2. The maximum Gasteiger partial charge on any atom is 0.0534 e. The molecule has 3 aromatic rings. The van der Waals surface area contributed by atoms with E-state index >= 15 is 0 Å².